The molecule has 0 atom stereocenters. The highest BCUT2D eigenvalue weighted by atomic mass is 16.4. The Labute approximate surface area is 171 Å². The smallest absolute Gasteiger partial charge is 0.336 e. The number of hydrogen-bond acceptors (Lipinski definition) is 4. The van der Waals surface area contributed by atoms with Gasteiger partial charge in [-0.2, -0.15) is 5.10 Å². The van der Waals surface area contributed by atoms with Crippen LogP contribution in [0.4, 0.5) is 0 Å². The van der Waals surface area contributed by atoms with Gasteiger partial charge in [0, 0.05) is 24.6 Å². The van der Waals surface area contributed by atoms with Crippen LogP contribution < -0.4 is 0 Å². The molecule has 6 nitrogen and oxygen atoms in total. The van der Waals surface area contributed by atoms with Crippen molar-refractivity contribution in [3.63, 3.8) is 0 Å². The van der Waals surface area contributed by atoms with Crippen molar-refractivity contribution in [2.75, 3.05) is 0 Å². The van der Waals surface area contributed by atoms with Crippen molar-refractivity contribution >= 4 is 5.97 Å². The molecule has 0 aliphatic rings. The standard InChI is InChI=1S/C23H28N4O2/c1-4-7-22-25-21(13-10-16(2)3)26-27(22)15-18-12-11-17(14-24-18)19-8-5-6-9-20(19)23(28)29/h5-6,8-9,11-12,14,16H,4,7,10,13,15H2,1-3H3,(H,28,29). The molecule has 0 fully saturated rings. The maximum atomic E-state index is 11.5. The summed E-state index contributed by atoms with van der Waals surface area (Å²) in [6, 6.07) is 10.8. The van der Waals surface area contributed by atoms with Crippen LogP contribution in [-0.2, 0) is 19.4 Å². The van der Waals surface area contributed by atoms with Crippen LogP contribution in [0.1, 0.15) is 61.3 Å². The average molecular weight is 393 g/mol. The van der Waals surface area contributed by atoms with E-state index in [1.807, 2.05) is 22.9 Å². The summed E-state index contributed by atoms with van der Waals surface area (Å²) in [5, 5.41) is 14.1. The van der Waals surface area contributed by atoms with Crippen molar-refractivity contribution in [1.82, 2.24) is 19.7 Å². The van der Waals surface area contributed by atoms with Gasteiger partial charge >= 0.3 is 5.97 Å². The zero-order valence-corrected chi connectivity index (χ0v) is 17.3. The largest absolute Gasteiger partial charge is 0.478 e. The summed E-state index contributed by atoms with van der Waals surface area (Å²) in [5.74, 6) is 1.58. The number of carboxylic acids is 1. The predicted octanol–water partition coefficient (Wildman–Crippen LogP) is 4.63. The molecule has 0 spiro atoms. The first-order chi connectivity index (χ1) is 14.0. The van der Waals surface area contributed by atoms with Gasteiger partial charge < -0.3 is 5.11 Å². The molecule has 0 amide bonds. The molecule has 2 aromatic heterocycles. The van der Waals surface area contributed by atoms with Gasteiger partial charge in [-0.15, -0.1) is 0 Å². The quantitative estimate of drug-likeness (QED) is 0.574. The first-order valence-corrected chi connectivity index (χ1v) is 10.2. The molecule has 29 heavy (non-hydrogen) atoms. The topological polar surface area (TPSA) is 80.9 Å². The number of carboxylic acid groups (broad SMARTS) is 1. The number of aromatic carboxylic acids is 1. The second kappa shape index (κ2) is 9.45. The SMILES string of the molecule is CCCc1nc(CCC(C)C)nn1Cc1ccc(-c2ccccc2C(=O)O)cn1. The molecule has 1 aromatic carbocycles. The Kier molecular flexibility index (Phi) is 6.75. The van der Waals surface area contributed by atoms with Crippen LogP contribution in [0.3, 0.4) is 0 Å². The molecule has 0 bridgehead atoms. The van der Waals surface area contributed by atoms with Gasteiger partial charge in [-0.1, -0.05) is 45.0 Å². The summed E-state index contributed by atoms with van der Waals surface area (Å²) in [7, 11) is 0. The van der Waals surface area contributed by atoms with E-state index in [0.717, 1.165) is 48.6 Å². The lowest BCUT2D eigenvalue weighted by Crippen LogP contribution is -2.08. The van der Waals surface area contributed by atoms with Crippen molar-refractivity contribution in [3.05, 3.63) is 65.5 Å². The Hall–Kier alpha value is -3.02. The zero-order chi connectivity index (χ0) is 20.8. The Balaban J connectivity index is 1.80. The van der Waals surface area contributed by atoms with E-state index < -0.39 is 5.97 Å². The molecule has 0 saturated heterocycles. The van der Waals surface area contributed by atoms with Gasteiger partial charge in [0.2, 0.25) is 0 Å². The van der Waals surface area contributed by atoms with Gasteiger partial charge in [-0.3, -0.25) is 4.98 Å². The van der Waals surface area contributed by atoms with Gasteiger partial charge in [-0.25, -0.2) is 14.5 Å². The van der Waals surface area contributed by atoms with Crippen molar-refractivity contribution in [2.24, 2.45) is 5.92 Å². The summed E-state index contributed by atoms with van der Waals surface area (Å²) in [4.78, 5) is 20.7. The number of aromatic nitrogens is 4. The van der Waals surface area contributed by atoms with Gasteiger partial charge in [-0.05, 0) is 36.5 Å². The van der Waals surface area contributed by atoms with E-state index in [2.05, 4.69) is 25.8 Å². The minimum atomic E-state index is -0.939. The van der Waals surface area contributed by atoms with E-state index in [4.69, 9.17) is 10.1 Å². The molecule has 3 aromatic rings. The molecule has 0 aliphatic heterocycles. The molecule has 0 aliphatic carbocycles. The maximum absolute atomic E-state index is 11.5. The summed E-state index contributed by atoms with van der Waals surface area (Å²) in [5.41, 5.74) is 2.61. The lowest BCUT2D eigenvalue weighted by molar-refractivity contribution is 0.0697. The fraction of sp³-hybridized carbons (Fsp3) is 0.391. The predicted molar refractivity (Wildman–Crippen MR) is 113 cm³/mol. The number of rotatable bonds is 9. The van der Waals surface area contributed by atoms with Crippen LogP contribution in [0.15, 0.2) is 42.6 Å². The first-order valence-electron chi connectivity index (χ1n) is 10.2. The maximum Gasteiger partial charge on any atom is 0.336 e. The van der Waals surface area contributed by atoms with E-state index in [9.17, 15) is 9.90 Å². The van der Waals surface area contributed by atoms with Gasteiger partial charge in [0.05, 0.1) is 17.8 Å². The third kappa shape index (κ3) is 5.28. The van der Waals surface area contributed by atoms with Crippen molar-refractivity contribution < 1.29 is 9.90 Å². The minimum absolute atomic E-state index is 0.276. The Morgan fingerprint density at radius 1 is 1.14 bits per heavy atom. The Morgan fingerprint density at radius 2 is 1.93 bits per heavy atom. The lowest BCUT2D eigenvalue weighted by atomic mass is 10.0. The van der Waals surface area contributed by atoms with Crippen LogP contribution >= 0.6 is 0 Å². The van der Waals surface area contributed by atoms with E-state index in [1.165, 1.54) is 0 Å². The molecular formula is C23H28N4O2. The Bertz CT molecular complexity index is 961. The van der Waals surface area contributed by atoms with E-state index in [1.54, 1.807) is 24.4 Å². The van der Waals surface area contributed by atoms with Crippen LogP contribution in [0, 0.1) is 5.92 Å². The molecule has 6 heteroatoms. The van der Waals surface area contributed by atoms with Crippen molar-refractivity contribution in [1.29, 1.82) is 0 Å². The normalized spacial score (nSPS) is 11.2. The van der Waals surface area contributed by atoms with Crippen LogP contribution in [0.2, 0.25) is 0 Å². The molecule has 2 heterocycles. The molecule has 0 radical (unpaired) electrons. The number of aryl methyl sites for hydroxylation is 2. The first kappa shape index (κ1) is 20.7. The van der Waals surface area contributed by atoms with Gasteiger partial charge in [0.1, 0.15) is 5.82 Å². The number of carbonyl (C=O) groups is 1. The highest BCUT2D eigenvalue weighted by Gasteiger charge is 2.13. The third-order valence-corrected chi connectivity index (χ3v) is 4.82. The molecular weight excluding hydrogens is 364 g/mol. The second-order valence-electron chi connectivity index (χ2n) is 7.67. The van der Waals surface area contributed by atoms with E-state index in [0.29, 0.717) is 18.0 Å². The highest BCUT2D eigenvalue weighted by Crippen LogP contribution is 2.23. The summed E-state index contributed by atoms with van der Waals surface area (Å²) < 4.78 is 1.95. The second-order valence-corrected chi connectivity index (χ2v) is 7.67. The third-order valence-electron chi connectivity index (χ3n) is 4.82. The molecule has 152 valence electrons. The van der Waals surface area contributed by atoms with Crippen molar-refractivity contribution in [3.8, 4) is 11.1 Å². The monoisotopic (exact) mass is 392 g/mol. The van der Waals surface area contributed by atoms with Gasteiger partial charge in [0.15, 0.2) is 5.82 Å². The summed E-state index contributed by atoms with van der Waals surface area (Å²) in [6.45, 7) is 7.11. The molecule has 3 rings (SSSR count). The van der Waals surface area contributed by atoms with Crippen LogP contribution in [0.25, 0.3) is 11.1 Å². The summed E-state index contributed by atoms with van der Waals surface area (Å²) >= 11 is 0. The summed E-state index contributed by atoms with van der Waals surface area (Å²) in [6.07, 6.45) is 5.60. The highest BCUT2D eigenvalue weighted by molar-refractivity contribution is 5.95. The molecule has 0 unspecified atom stereocenters. The zero-order valence-electron chi connectivity index (χ0n) is 17.3. The van der Waals surface area contributed by atoms with Crippen molar-refractivity contribution in [2.45, 2.75) is 53.0 Å². The number of benzene rings is 1. The van der Waals surface area contributed by atoms with Crippen LogP contribution in [-0.4, -0.2) is 30.8 Å². The van der Waals surface area contributed by atoms with E-state index in [-0.39, 0.29) is 5.56 Å². The minimum Gasteiger partial charge on any atom is -0.478 e. The number of pyridine rings is 1. The lowest BCUT2D eigenvalue weighted by Gasteiger charge is -2.08. The number of hydrogen-bond donors (Lipinski definition) is 1. The van der Waals surface area contributed by atoms with Crippen LogP contribution in [0.5, 0.6) is 0 Å². The Morgan fingerprint density at radius 3 is 2.59 bits per heavy atom. The van der Waals surface area contributed by atoms with E-state index >= 15 is 0 Å². The average Bonchev–Trinajstić information content (AvgIpc) is 3.08. The fourth-order valence-corrected chi connectivity index (χ4v) is 3.24. The molecule has 0 saturated carbocycles. The molecule has 1 N–H and O–H groups in total. The van der Waals surface area contributed by atoms with Gasteiger partial charge in [0.25, 0.3) is 0 Å². The fourth-order valence-electron chi connectivity index (χ4n) is 3.24. The number of nitrogens with zero attached hydrogens (tertiary/aromatic N) is 4.